The van der Waals surface area contributed by atoms with E-state index in [-0.39, 0.29) is 30.0 Å². The van der Waals surface area contributed by atoms with Crippen LogP contribution in [0.25, 0.3) is 11.6 Å². The molecule has 8 heteroatoms. The van der Waals surface area contributed by atoms with E-state index in [2.05, 4.69) is 49.8 Å². The number of guanidine groups is 1. The van der Waals surface area contributed by atoms with Crippen molar-refractivity contribution in [3.8, 4) is 11.6 Å². The average Bonchev–Trinajstić information content (AvgIpc) is 3.17. The number of pyridine rings is 1. The summed E-state index contributed by atoms with van der Waals surface area (Å²) >= 11 is 0. The van der Waals surface area contributed by atoms with E-state index < -0.39 is 0 Å². The number of nitrogens with zero attached hydrogens (tertiary/aromatic N) is 4. The van der Waals surface area contributed by atoms with Gasteiger partial charge < -0.3 is 15.2 Å². The monoisotopic (exact) mass is 478 g/mol. The fourth-order valence-electron chi connectivity index (χ4n) is 2.47. The molecule has 0 aliphatic rings. The van der Waals surface area contributed by atoms with Crippen LogP contribution < -0.4 is 10.6 Å². The average molecular weight is 478 g/mol. The standard InChI is InChI=1S/C19H22N6O.HI/c1-14(15-8-4-3-5-9-15)23-19(20-2)22-13-11-17-24-18(26-25-17)16-10-6-7-12-21-16;/h3-10,12,14H,11,13H2,1-2H3,(H2,20,22,23);1H. The third kappa shape index (κ3) is 6.02. The number of hydrogen-bond acceptors (Lipinski definition) is 5. The fraction of sp³-hybridized carbons (Fsp3) is 0.263. The van der Waals surface area contributed by atoms with E-state index in [1.165, 1.54) is 5.56 Å². The van der Waals surface area contributed by atoms with Crippen LogP contribution >= 0.6 is 24.0 Å². The molecule has 0 saturated heterocycles. The maximum Gasteiger partial charge on any atom is 0.276 e. The molecule has 0 amide bonds. The number of aliphatic imine (C=N–C) groups is 1. The first kappa shape index (κ1) is 20.8. The van der Waals surface area contributed by atoms with E-state index in [4.69, 9.17) is 4.52 Å². The van der Waals surface area contributed by atoms with Crippen LogP contribution in [0, 0.1) is 0 Å². The Kier molecular flexibility index (Phi) is 8.18. The van der Waals surface area contributed by atoms with Crippen molar-refractivity contribution in [3.05, 3.63) is 66.1 Å². The zero-order valence-electron chi connectivity index (χ0n) is 15.3. The van der Waals surface area contributed by atoms with Gasteiger partial charge in [-0.25, -0.2) is 0 Å². The summed E-state index contributed by atoms with van der Waals surface area (Å²) in [4.78, 5) is 12.8. The molecule has 1 aromatic carbocycles. The lowest BCUT2D eigenvalue weighted by Crippen LogP contribution is -2.39. The van der Waals surface area contributed by atoms with Crippen LogP contribution in [0.4, 0.5) is 0 Å². The van der Waals surface area contributed by atoms with Gasteiger partial charge in [0.25, 0.3) is 5.89 Å². The van der Waals surface area contributed by atoms with E-state index >= 15 is 0 Å². The Bertz CT molecular complexity index is 838. The molecule has 0 aliphatic carbocycles. The SMILES string of the molecule is CN=C(NCCc1noc(-c2ccccn2)n1)NC(C)c1ccccc1.I. The molecule has 1 atom stereocenters. The normalized spacial score (nSPS) is 12.1. The minimum Gasteiger partial charge on any atom is -0.356 e. The van der Waals surface area contributed by atoms with Crippen LogP contribution in [0.2, 0.25) is 0 Å². The first-order valence-electron chi connectivity index (χ1n) is 8.52. The molecule has 0 radical (unpaired) electrons. The van der Waals surface area contributed by atoms with E-state index in [0.29, 0.717) is 30.4 Å². The first-order valence-corrected chi connectivity index (χ1v) is 8.52. The van der Waals surface area contributed by atoms with Gasteiger partial charge >= 0.3 is 0 Å². The minimum absolute atomic E-state index is 0. The van der Waals surface area contributed by atoms with E-state index in [9.17, 15) is 0 Å². The summed E-state index contributed by atoms with van der Waals surface area (Å²) < 4.78 is 5.26. The molecule has 0 fully saturated rings. The largest absolute Gasteiger partial charge is 0.356 e. The Morgan fingerprint density at radius 1 is 1.15 bits per heavy atom. The molecule has 7 nitrogen and oxygen atoms in total. The number of rotatable bonds is 6. The quantitative estimate of drug-likeness (QED) is 0.322. The van der Waals surface area contributed by atoms with Crippen molar-refractivity contribution < 1.29 is 4.52 Å². The topological polar surface area (TPSA) is 88.2 Å². The summed E-state index contributed by atoms with van der Waals surface area (Å²) in [5, 5.41) is 10.6. The highest BCUT2D eigenvalue weighted by molar-refractivity contribution is 14.0. The predicted octanol–water partition coefficient (Wildman–Crippen LogP) is 3.22. The molecule has 27 heavy (non-hydrogen) atoms. The maximum absolute atomic E-state index is 5.26. The van der Waals surface area contributed by atoms with Crippen molar-refractivity contribution in [3.63, 3.8) is 0 Å². The lowest BCUT2D eigenvalue weighted by atomic mass is 10.1. The van der Waals surface area contributed by atoms with E-state index in [0.717, 1.165) is 5.96 Å². The second kappa shape index (κ2) is 10.6. The van der Waals surface area contributed by atoms with Crippen molar-refractivity contribution in [2.45, 2.75) is 19.4 Å². The first-order chi connectivity index (χ1) is 12.8. The number of halogens is 1. The highest BCUT2D eigenvalue weighted by Crippen LogP contribution is 2.13. The molecule has 0 aliphatic heterocycles. The van der Waals surface area contributed by atoms with Gasteiger partial charge in [-0.05, 0) is 24.6 Å². The Labute approximate surface area is 175 Å². The Balaban J connectivity index is 0.00000261. The van der Waals surface area contributed by atoms with Crippen molar-refractivity contribution in [2.24, 2.45) is 4.99 Å². The van der Waals surface area contributed by atoms with Crippen LogP contribution in [-0.2, 0) is 6.42 Å². The molecule has 0 bridgehead atoms. The minimum atomic E-state index is 0. The van der Waals surface area contributed by atoms with Crippen LogP contribution in [-0.4, -0.2) is 34.7 Å². The van der Waals surface area contributed by atoms with Gasteiger partial charge in [0.2, 0.25) is 0 Å². The number of nitrogens with one attached hydrogen (secondary N) is 2. The Morgan fingerprint density at radius 3 is 2.63 bits per heavy atom. The van der Waals surface area contributed by atoms with Crippen LogP contribution in [0.3, 0.4) is 0 Å². The smallest absolute Gasteiger partial charge is 0.276 e. The van der Waals surface area contributed by atoms with Gasteiger partial charge in [0.05, 0.1) is 6.04 Å². The van der Waals surface area contributed by atoms with Gasteiger partial charge in [0.1, 0.15) is 5.69 Å². The maximum atomic E-state index is 5.26. The molecular weight excluding hydrogens is 455 g/mol. The zero-order chi connectivity index (χ0) is 18.2. The number of hydrogen-bond donors (Lipinski definition) is 2. The van der Waals surface area contributed by atoms with E-state index in [1.807, 2.05) is 36.4 Å². The summed E-state index contributed by atoms with van der Waals surface area (Å²) in [5.74, 6) is 1.79. The van der Waals surface area contributed by atoms with Crippen molar-refractivity contribution >= 4 is 29.9 Å². The van der Waals surface area contributed by atoms with Crippen LogP contribution in [0.15, 0.2) is 64.2 Å². The molecule has 142 valence electrons. The molecule has 1 unspecified atom stereocenters. The van der Waals surface area contributed by atoms with Gasteiger partial charge in [0, 0.05) is 26.2 Å². The van der Waals surface area contributed by atoms with Gasteiger partial charge in [0.15, 0.2) is 11.8 Å². The molecule has 2 N–H and O–H groups in total. The van der Waals surface area contributed by atoms with Crippen molar-refractivity contribution in [1.82, 2.24) is 25.8 Å². The van der Waals surface area contributed by atoms with Crippen molar-refractivity contribution in [2.75, 3.05) is 13.6 Å². The molecular formula is C19H23IN6O. The lowest BCUT2D eigenvalue weighted by molar-refractivity contribution is 0.421. The summed E-state index contributed by atoms with van der Waals surface area (Å²) in [6, 6.07) is 16.0. The van der Waals surface area contributed by atoms with Gasteiger partial charge in [-0.2, -0.15) is 4.98 Å². The third-order valence-electron chi connectivity index (χ3n) is 3.87. The third-order valence-corrected chi connectivity index (χ3v) is 3.87. The second-order valence-electron chi connectivity index (χ2n) is 5.76. The summed E-state index contributed by atoms with van der Waals surface area (Å²) in [6.45, 7) is 2.74. The summed E-state index contributed by atoms with van der Waals surface area (Å²) in [6.07, 6.45) is 2.32. The molecule has 0 saturated carbocycles. The van der Waals surface area contributed by atoms with Gasteiger partial charge in [-0.1, -0.05) is 41.6 Å². The highest BCUT2D eigenvalue weighted by atomic mass is 127. The molecule has 2 aromatic heterocycles. The molecule has 3 rings (SSSR count). The van der Waals surface area contributed by atoms with Crippen molar-refractivity contribution in [1.29, 1.82) is 0 Å². The van der Waals surface area contributed by atoms with Gasteiger partial charge in [-0.15, -0.1) is 24.0 Å². The Morgan fingerprint density at radius 2 is 1.93 bits per heavy atom. The number of benzene rings is 1. The fourth-order valence-corrected chi connectivity index (χ4v) is 2.47. The molecule has 3 aromatic rings. The van der Waals surface area contributed by atoms with Crippen LogP contribution in [0.5, 0.6) is 0 Å². The molecule has 0 spiro atoms. The highest BCUT2D eigenvalue weighted by Gasteiger charge is 2.10. The predicted molar refractivity (Wildman–Crippen MR) is 116 cm³/mol. The lowest BCUT2D eigenvalue weighted by Gasteiger charge is -2.18. The van der Waals surface area contributed by atoms with E-state index in [1.54, 1.807) is 13.2 Å². The summed E-state index contributed by atoms with van der Waals surface area (Å²) in [7, 11) is 1.75. The van der Waals surface area contributed by atoms with Crippen LogP contribution in [0.1, 0.15) is 24.4 Å². The van der Waals surface area contributed by atoms with Gasteiger partial charge in [-0.3, -0.25) is 9.98 Å². The second-order valence-corrected chi connectivity index (χ2v) is 5.76. The zero-order valence-corrected chi connectivity index (χ0v) is 17.6. The number of aromatic nitrogens is 3. The molecule has 2 heterocycles. The Hall–Kier alpha value is -2.49. The summed E-state index contributed by atoms with van der Waals surface area (Å²) in [5.41, 5.74) is 1.88.